The summed E-state index contributed by atoms with van der Waals surface area (Å²) in [5.74, 6) is 1.10. The number of amides is 2. The van der Waals surface area contributed by atoms with Gasteiger partial charge in [-0.15, -0.1) is 0 Å². The van der Waals surface area contributed by atoms with Crippen molar-refractivity contribution in [3.8, 4) is 11.5 Å². The van der Waals surface area contributed by atoms with E-state index in [4.69, 9.17) is 21.1 Å². The van der Waals surface area contributed by atoms with Gasteiger partial charge in [-0.05, 0) is 48.4 Å². The SMILES string of the molecule is CC(C)CN1C(=O)COc2ccc(NC(=O)COc3ccc(Cl)cc3)cc21. The Bertz CT molecular complexity index is 836. The molecular weight excluding hydrogens is 368 g/mol. The summed E-state index contributed by atoms with van der Waals surface area (Å²) in [6.45, 7) is 4.57. The second kappa shape index (κ2) is 8.31. The van der Waals surface area contributed by atoms with Crippen LogP contribution in [0.2, 0.25) is 5.02 Å². The maximum Gasteiger partial charge on any atom is 0.265 e. The molecule has 7 heteroatoms. The van der Waals surface area contributed by atoms with E-state index in [1.54, 1.807) is 47.4 Å². The maximum atomic E-state index is 12.2. The Morgan fingerprint density at radius 3 is 2.70 bits per heavy atom. The van der Waals surface area contributed by atoms with Crippen LogP contribution in [-0.2, 0) is 9.59 Å². The highest BCUT2D eigenvalue weighted by molar-refractivity contribution is 6.30. The van der Waals surface area contributed by atoms with Crippen molar-refractivity contribution in [3.05, 3.63) is 47.5 Å². The number of ether oxygens (including phenoxy) is 2. The number of nitrogens with zero attached hydrogens (tertiary/aromatic N) is 1. The van der Waals surface area contributed by atoms with Crippen LogP contribution in [0.15, 0.2) is 42.5 Å². The van der Waals surface area contributed by atoms with E-state index in [-0.39, 0.29) is 25.0 Å². The molecule has 1 aliphatic rings. The molecule has 0 aliphatic carbocycles. The molecule has 1 heterocycles. The molecule has 1 aliphatic heterocycles. The molecule has 0 atom stereocenters. The molecule has 0 spiro atoms. The normalized spacial score (nSPS) is 13.2. The lowest BCUT2D eigenvalue weighted by molar-refractivity contribution is -0.121. The molecular formula is C20H21ClN2O4. The number of benzene rings is 2. The summed E-state index contributed by atoms with van der Waals surface area (Å²) in [7, 11) is 0. The minimum absolute atomic E-state index is 0.0281. The Hall–Kier alpha value is -2.73. The summed E-state index contributed by atoms with van der Waals surface area (Å²) >= 11 is 5.82. The summed E-state index contributed by atoms with van der Waals surface area (Å²) in [6.07, 6.45) is 0. The van der Waals surface area contributed by atoms with Gasteiger partial charge in [0.2, 0.25) is 0 Å². The molecule has 27 heavy (non-hydrogen) atoms. The number of nitrogens with one attached hydrogen (secondary N) is 1. The van der Waals surface area contributed by atoms with Crippen molar-refractivity contribution in [2.75, 3.05) is 30.0 Å². The largest absolute Gasteiger partial charge is 0.484 e. The van der Waals surface area contributed by atoms with Crippen molar-refractivity contribution in [3.63, 3.8) is 0 Å². The molecule has 2 aromatic rings. The first-order chi connectivity index (χ1) is 12.9. The monoisotopic (exact) mass is 388 g/mol. The Morgan fingerprint density at radius 2 is 2.00 bits per heavy atom. The highest BCUT2D eigenvalue weighted by Gasteiger charge is 2.26. The standard InChI is InChI=1S/C20H21ClN2O4/c1-13(2)10-23-17-9-15(5-8-18(17)27-12-20(23)25)22-19(24)11-26-16-6-3-14(21)4-7-16/h3-9,13H,10-12H2,1-2H3,(H,22,24). The fourth-order valence-electron chi connectivity index (χ4n) is 2.72. The third kappa shape index (κ3) is 4.92. The highest BCUT2D eigenvalue weighted by atomic mass is 35.5. The van der Waals surface area contributed by atoms with E-state index in [1.807, 2.05) is 13.8 Å². The van der Waals surface area contributed by atoms with Crippen LogP contribution >= 0.6 is 11.6 Å². The molecule has 1 N–H and O–H groups in total. The zero-order valence-electron chi connectivity index (χ0n) is 15.2. The van der Waals surface area contributed by atoms with Gasteiger partial charge < -0.3 is 19.7 Å². The zero-order valence-corrected chi connectivity index (χ0v) is 16.0. The lowest BCUT2D eigenvalue weighted by Gasteiger charge is -2.31. The number of rotatable bonds is 6. The van der Waals surface area contributed by atoms with Gasteiger partial charge in [-0.3, -0.25) is 9.59 Å². The van der Waals surface area contributed by atoms with Gasteiger partial charge in [0, 0.05) is 17.3 Å². The third-order valence-corrected chi connectivity index (χ3v) is 4.17. The van der Waals surface area contributed by atoms with E-state index in [1.165, 1.54) is 0 Å². The zero-order chi connectivity index (χ0) is 19.4. The Morgan fingerprint density at radius 1 is 1.26 bits per heavy atom. The highest BCUT2D eigenvalue weighted by Crippen LogP contribution is 2.35. The van der Waals surface area contributed by atoms with Crippen LogP contribution in [0.5, 0.6) is 11.5 Å². The van der Waals surface area contributed by atoms with Crippen LogP contribution in [0.4, 0.5) is 11.4 Å². The van der Waals surface area contributed by atoms with Crippen LogP contribution in [0, 0.1) is 5.92 Å². The molecule has 0 fully saturated rings. The van der Waals surface area contributed by atoms with Crippen LogP contribution < -0.4 is 19.7 Å². The fourth-order valence-corrected chi connectivity index (χ4v) is 2.85. The molecule has 6 nitrogen and oxygen atoms in total. The molecule has 142 valence electrons. The topological polar surface area (TPSA) is 67.9 Å². The molecule has 0 saturated carbocycles. The van der Waals surface area contributed by atoms with Gasteiger partial charge in [-0.1, -0.05) is 25.4 Å². The second-order valence-electron chi connectivity index (χ2n) is 6.66. The summed E-state index contributed by atoms with van der Waals surface area (Å²) in [4.78, 5) is 26.1. The number of fused-ring (bicyclic) bond motifs is 1. The van der Waals surface area contributed by atoms with Crippen molar-refractivity contribution in [2.24, 2.45) is 5.92 Å². The minimum atomic E-state index is -0.302. The van der Waals surface area contributed by atoms with E-state index in [0.717, 1.165) is 0 Å². The van der Waals surface area contributed by atoms with Gasteiger partial charge in [0.15, 0.2) is 13.2 Å². The van der Waals surface area contributed by atoms with Gasteiger partial charge in [0.1, 0.15) is 11.5 Å². The van der Waals surface area contributed by atoms with Crippen molar-refractivity contribution < 1.29 is 19.1 Å². The van der Waals surface area contributed by atoms with Gasteiger partial charge in [-0.25, -0.2) is 0 Å². The van der Waals surface area contributed by atoms with Gasteiger partial charge in [0.25, 0.3) is 11.8 Å². The molecule has 0 aromatic heterocycles. The average Bonchev–Trinajstić information content (AvgIpc) is 2.63. The van der Waals surface area contributed by atoms with Crippen molar-refractivity contribution in [1.29, 1.82) is 0 Å². The van der Waals surface area contributed by atoms with Crippen molar-refractivity contribution in [2.45, 2.75) is 13.8 Å². The number of halogens is 1. The van der Waals surface area contributed by atoms with E-state index in [0.29, 0.717) is 40.4 Å². The first kappa shape index (κ1) is 19.0. The molecule has 3 rings (SSSR count). The molecule has 0 radical (unpaired) electrons. The quantitative estimate of drug-likeness (QED) is 0.818. The average molecular weight is 389 g/mol. The summed E-state index contributed by atoms with van der Waals surface area (Å²) in [6, 6.07) is 12.0. The van der Waals surface area contributed by atoms with E-state index in [2.05, 4.69) is 5.32 Å². The molecule has 2 amide bonds. The lowest BCUT2D eigenvalue weighted by Crippen LogP contribution is -2.41. The second-order valence-corrected chi connectivity index (χ2v) is 7.10. The predicted molar refractivity (Wildman–Crippen MR) is 105 cm³/mol. The van der Waals surface area contributed by atoms with E-state index >= 15 is 0 Å². The van der Waals surface area contributed by atoms with Crippen molar-refractivity contribution >= 4 is 34.8 Å². The number of anilines is 2. The first-order valence-electron chi connectivity index (χ1n) is 8.68. The minimum Gasteiger partial charge on any atom is -0.484 e. The maximum absolute atomic E-state index is 12.2. The number of carbonyl (C=O) groups excluding carboxylic acids is 2. The Kier molecular flexibility index (Phi) is 5.86. The third-order valence-electron chi connectivity index (χ3n) is 3.92. The molecule has 0 bridgehead atoms. The van der Waals surface area contributed by atoms with Gasteiger partial charge >= 0.3 is 0 Å². The van der Waals surface area contributed by atoms with Gasteiger partial charge in [0.05, 0.1) is 5.69 Å². The number of carbonyl (C=O) groups is 2. The Labute approximate surface area is 163 Å². The summed E-state index contributed by atoms with van der Waals surface area (Å²) in [5, 5.41) is 3.38. The number of hydrogen-bond donors (Lipinski definition) is 1. The summed E-state index contributed by atoms with van der Waals surface area (Å²) < 4.78 is 10.9. The van der Waals surface area contributed by atoms with E-state index < -0.39 is 0 Å². The fraction of sp³-hybridized carbons (Fsp3) is 0.300. The molecule has 0 saturated heterocycles. The van der Waals surface area contributed by atoms with Crippen LogP contribution in [0.3, 0.4) is 0 Å². The van der Waals surface area contributed by atoms with Gasteiger partial charge in [-0.2, -0.15) is 0 Å². The van der Waals surface area contributed by atoms with Crippen LogP contribution in [0.1, 0.15) is 13.8 Å². The lowest BCUT2D eigenvalue weighted by atomic mass is 10.1. The summed E-state index contributed by atoms with van der Waals surface area (Å²) in [5.41, 5.74) is 1.24. The van der Waals surface area contributed by atoms with E-state index in [9.17, 15) is 9.59 Å². The molecule has 0 unspecified atom stereocenters. The first-order valence-corrected chi connectivity index (χ1v) is 9.05. The predicted octanol–water partition coefficient (Wildman–Crippen LogP) is 3.74. The smallest absolute Gasteiger partial charge is 0.265 e. The molecule has 2 aromatic carbocycles. The Balaban J connectivity index is 1.67. The van der Waals surface area contributed by atoms with Crippen LogP contribution in [-0.4, -0.2) is 31.6 Å². The van der Waals surface area contributed by atoms with Crippen LogP contribution in [0.25, 0.3) is 0 Å². The van der Waals surface area contributed by atoms with Crippen molar-refractivity contribution in [1.82, 2.24) is 0 Å². The number of hydrogen-bond acceptors (Lipinski definition) is 4.